The third-order valence-corrected chi connectivity index (χ3v) is 6.98. The van der Waals surface area contributed by atoms with Gasteiger partial charge in [-0.25, -0.2) is 14.2 Å². The van der Waals surface area contributed by atoms with Crippen molar-refractivity contribution in [1.82, 2.24) is 29.9 Å². The monoisotopic (exact) mass is 495 g/mol. The van der Waals surface area contributed by atoms with Gasteiger partial charge in [0.1, 0.15) is 17.9 Å². The van der Waals surface area contributed by atoms with E-state index in [4.69, 9.17) is 4.74 Å². The molecule has 35 heavy (non-hydrogen) atoms. The van der Waals surface area contributed by atoms with Gasteiger partial charge in [-0.1, -0.05) is 0 Å². The van der Waals surface area contributed by atoms with E-state index in [1.807, 2.05) is 0 Å². The number of nitrogens with zero attached hydrogens (tertiary/aromatic N) is 4. The molecular weight excluding hydrogens is 474 g/mol. The number of aromatic amines is 1. The standard InChI is InChI=1S/C21H21F4N7O3/c22-17-11(1-2-13(17)34-19(33)29-20-6-10(7-20)8-20)12-5-14(31-30-12)27-18-26-4-3-15-28-16(9-32(15)18)35-21(23,24)25/h3-5,9-11,13,17H,1-2,6-8H2,(H,29,33)(H2,26,27,30,31)/t10?,11-,13-,17+,20?/m1/s1. The number of rotatable bonds is 6. The van der Waals surface area contributed by atoms with Gasteiger partial charge in [-0.05, 0) is 44.1 Å². The lowest BCUT2D eigenvalue weighted by Gasteiger charge is -2.61. The van der Waals surface area contributed by atoms with Crippen molar-refractivity contribution in [3.63, 3.8) is 0 Å². The summed E-state index contributed by atoms with van der Waals surface area (Å²) in [6, 6.07) is 3.01. The topological polar surface area (TPSA) is 118 Å². The van der Waals surface area contributed by atoms with E-state index in [1.54, 1.807) is 6.07 Å². The second-order valence-corrected chi connectivity index (χ2v) is 9.41. The van der Waals surface area contributed by atoms with Gasteiger partial charge < -0.3 is 20.1 Å². The molecule has 3 aromatic heterocycles. The average molecular weight is 495 g/mol. The van der Waals surface area contributed by atoms with Crippen LogP contribution in [0.4, 0.5) is 34.1 Å². The molecule has 2 bridgehead atoms. The number of carbonyl (C=O) groups is 1. The van der Waals surface area contributed by atoms with Crippen molar-refractivity contribution in [3.05, 3.63) is 30.2 Å². The Kier molecular flexibility index (Phi) is 4.83. The number of H-pyrrole nitrogens is 1. The van der Waals surface area contributed by atoms with Crippen LogP contribution in [-0.4, -0.2) is 54.8 Å². The number of nitrogens with one attached hydrogen (secondary N) is 3. The molecule has 14 heteroatoms. The first-order valence-electron chi connectivity index (χ1n) is 11.2. The summed E-state index contributed by atoms with van der Waals surface area (Å²) in [5.74, 6) is -0.0552. The highest BCUT2D eigenvalue weighted by Gasteiger charge is 2.58. The quantitative estimate of drug-likeness (QED) is 0.443. The van der Waals surface area contributed by atoms with Crippen molar-refractivity contribution in [2.24, 2.45) is 5.92 Å². The molecule has 10 nitrogen and oxygen atoms in total. The van der Waals surface area contributed by atoms with Crippen LogP contribution in [0, 0.1) is 5.92 Å². The van der Waals surface area contributed by atoms with E-state index in [1.165, 1.54) is 16.7 Å². The molecule has 0 aromatic carbocycles. The smallest absolute Gasteiger partial charge is 0.443 e. The van der Waals surface area contributed by atoms with Crippen molar-refractivity contribution in [3.8, 4) is 5.88 Å². The minimum atomic E-state index is -4.88. The van der Waals surface area contributed by atoms with E-state index >= 15 is 4.39 Å². The maximum Gasteiger partial charge on any atom is 0.574 e. The molecule has 1 amide bonds. The Hall–Kier alpha value is -3.58. The van der Waals surface area contributed by atoms with Crippen molar-refractivity contribution in [2.45, 2.75) is 62.2 Å². The fourth-order valence-corrected chi connectivity index (χ4v) is 5.25. The molecule has 3 N–H and O–H groups in total. The highest BCUT2D eigenvalue weighted by molar-refractivity contribution is 5.69. The van der Waals surface area contributed by atoms with E-state index in [0.717, 1.165) is 25.5 Å². The Morgan fingerprint density at radius 3 is 2.77 bits per heavy atom. The third-order valence-electron chi connectivity index (χ3n) is 6.98. The summed E-state index contributed by atoms with van der Waals surface area (Å²) in [7, 11) is 0. The van der Waals surface area contributed by atoms with Gasteiger partial charge >= 0.3 is 12.5 Å². The summed E-state index contributed by atoms with van der Waals surface area (Å²) in [4.78, 5) is 20.1. The van der Waals surface area contributed by atoms with Crippen LogP contribution in [-0.2, 0) is 4.74 Å². The number of alkyl halides is 4. The van der Waals surface area contributed by atoms with Gasteiger partial charge in [0.2, 0.25) is 11.8 Å². The lowest BCUT2D eigenvalue weighted by atomic mass is 9.50. The molecule has 186 valence electrons. The van der Waals surface area contributed by atoms with E-state index < -0.39 is 36.5 Å². The van der Waals surface area contributed by atoms with Gasteiger partial charge in [-0.3, -0.25) is 9.50 Å². The van der Waals surface area contributed by atoms with Gasteiger partial charge in [0.05, 0.1) is 6.20 Å². The Morgan fingerprint density at radius 1 is 1.26 bits per heavy atom. The minimum absolute atomic E-state index is 0.138. The molecular formula is C21H21F4N7O3. The van der Waals surface area contributed by atoms with Gasteiger partial charge in [-0.2, -0.15) is 10.1 Å². The number of hydrogen-bond donors (Lipinski definition) is 3. The summed E-state index contributed by atoms with van der Waals surface area (Å²) in [5.41, 5.74) is 0.542. The van der Waals surface area contributed by atoms with Crippen LogP contribution >= 0.6 is 0 Å². The minimum Gasteiger partial charge on any atom is -0.443 e. The Balaban J connectivity index is 1.11. The van der Waals surface area contributed by atoms with Crippen molar-refractivity contribution >= 4 is 23.5 Å². The molecule has 7 rings (SSSR count). The Morgan fingerprint density at radius 2 is 2.06 bits per heavy atom. The number of hydrogen-bond acceptors (Lipinski definition) is 7. The van der Waals surface area contributed by atoms with Crippen LogP contribution in [0.25, 0.3) is 5.65 Å². The molecule has 3 aromatic rings. The van der Waals surface area contributed by atoms with Crippen molar-refractivity contribution in [2.75, 3.05) is 5.32 Å². The normalized spacial score (nSPS) is 29.4. The number of anilines is 2. The van der Waals surface area contributed by atoms with Crippen LogP contribution in [0.5, 0.6) is 5.88 Å². The number of alkyl carbamates (subject to hydrolysis) is 1. The van der Waals surface area contributed by atoms with Crippen LogP contribution in [0.3, 0.4) is 0 Å². The number of ether oxygens (including phenoxy) is 2. The average Bonchev–Trinajstić information content (AvgIpc) is 3.42. The second kappa shape index (κ2) is 7.71. The number of fused-ring (bicyclic) bond motifs is 1. The maximum absolute atomic E-state index is 15.1. The van der Waals surface area contributed by atoms with Crippen molar-refractivity contribution in [1.29, 1.82) is 0 Å². The zero-order chi connectivity index (χ0) is 24.4. The molecule has 0 saturated heterocycles. The number of amides is 1. The summed E-state index contributed by atoms with van der Waals surface area (Å²) >= 11 is 0. The zero-order valence-electron chi connectivity index (χ0n) is 18.2. The summed E-state index contributed by atoms with van der Waals surface area (Å²) < 4.78 is 63.2. The van der Waals surface area contributed by atoms with Gasteiger partial charge in [0, 0.05) is 29.4 Å². The number of halogens is 4. The fourth-order valence-electron chi connectivity index (χ4n) is 5.25. The van der Waals surface area contributed by atoms with Crippen LogP contribution in [0.1, 0.15) is 43.7 Å². The second-order valence-electron chi connectivity index (χ2n) is 9.41. The Bertz CT molecular complexity index is 1260. The largest absolute Gasteiger partial charge is 0.574 e. The number of aromatic nitrogens is 5. The first kappa shape index (κ1) is 21.9. The molecule has 4 aliphatic rings. The van der Waals surface area contributed by atoms with E-state index in [-0.39, 0.29) is 23.0 Å². The molecule has 0 aliphatic heterocycles. The van der Waals surface area contributed by atoms with Crippen LogP contribution < -0.4 is 15.4 Å². The molecule has 3 atom stereocenters. The summed E-state index contributed by atoms with van der Waals surface area (Å²) in [5, 5.41) is 12.7. The SMILES string of the molecule is O=C(NC12CC(C1)C2)O[C@@H]1CC[C@H](c2cc(Nc3nccc4nc(OC(F)(F)F)cn34)n[nH]2)[C@@H]1F. The third kappa shape index (κ3) is 4.10. The zero-order valence-corrected chi connectivity index (χ0v) is 18.2. The molecule has 4 saturated carbocycles. The number of carbonyl (C=O) groups excluding carboxylic acids is 1. The lowest BCUT2D eigenvalue weighted by molar-refractivity contribution is -0.276. The maximum atomic E-state index is 15.1. The van der Waals surface area contributed by atoms with E-state index in [9.17, 15) is 18.0 Å². The summed E-state index contributed by atoms with van der Waals surface area (Å²) in [6.07, 6.45) is -1.54. The van der Waals surface area contributed by atoms with Crippen LogP contribution in [0.15, 0.2) is 24.5 Å². The van der Waals surface area contributed by atoms with Gasteiger partial charge in [0.15, 0.2) is 5.82 Å². The lowest BCUT2D eigenvalue weighted by Crippen LogP contribution is -2.68. The summed E-state index contributed by atoms with van der Waals surface area (Å²) in [6.45, 7) is 0. The first-order valence-corrected chi connectivity index (χ1v) is 11.2. The predicted molar refractivity (Wildman–Crippen MR) is 112 cm³/mol. The molecule has 0 spiro atoms. The highest BCUT2D eigenvalue weighted by Crippen LogP contribution is 2.57. The van der Waals surface area contributed by atoms with E-state index in [2.05, 4.69) is 35.5 Å². The molecule has 3 heterocycles. The van der Waals surface area contributed by atoms with Crippen molar-refractivity contribution < 1.29 is 31.8 Å². The molecule has 4 fully saturated rings. The highest BCUT2D eigenvalue weighted by atomic mass is 19.4. The molecule has 0 radical (unpaired) electrons. The van der Waals surface area contributed by atoms with Gasteiger partial charge in [0.25, 0.3) is 0 Å². The Labute approximate surface area is 195 Å². The van der Waals surface area contributed by atoms with Gasteiger partial charge in [-0.15, -0.1) is 13.2 Å². The fraction of sp³-hybridized carbons (Fsp3) is 0.524. The van der Waals surface area contributed by atoms with Crippen LogP contribution in [0.2, 0.25) is 0 Å². The predicted octanol–water partition coefficient (Wildman–Crippen LogP) is 3.96. The van der Waals surface area contributed by atoms with E-state index in [0.29, 0.717) is 24.5 Å². The molecule has 0 unspecified atom stereocenters. The number of imidazole rings is 1. The first-order chi connectivity index (χ1) is 16.7. The molecule has 4 aliphatic carbocycles.